The Balaban J connectivity index is 1.48. The number of aromatic nitrogens is 4. The van der Waals surface area contributed by atoms with Gasteiger partial charge >= 0.3 is 0 Å². The van der Waals surface area contributed by atoms with E-state index in [2.05, 4.69) is 115 Å². The van der Waals surface area contributed by atoms with E-state index in [1.54, 1.807) is 0 Å². The second-order valence-electron chi connectivity index (χ2n) is 12.1. The molecule has 0 saturated heterocycles. The van der Waals surface area contributed by atoms with Crippen molar-refractivity contribution >= 4 is 32.6 Å². The number of hydrogen-bond donors (Lipinski definition) is 0. The quantitative estimate of drug-likeness (QED) is 0.215. The van der Waals surface area contributed by atoms with Crippen molar-refractivity contribution in [3.05, 3.63) is 145 Å². The lowest BCUT2D eigenvalue weighted by Crippen LogP contribution is -2.17. The highest BCUT2D eigenvalue weighted by Gasteiger charge is 2.38. The van der Waals surface area contributed by atoms with Crippen molar-refractivity contribution in [2.75, 3.05) is 0 Å². The molecule has 0 atom stereocenters. The van der Waals surface area contributed by atoms with Crippen LogP contribution in [0.1, 0.15) is 25.0 Å². The Morgan fingerprint density at radius 2 is 1.07 bits per heavy atom. The van der Waals surface area contributed by atoms with E-state index in [-0.39, 0.29) is 5.41 Å². The molecule has 208 valence electrons. The van der Waals surface area contributed by atoms with E-state index in [1.807, 2.05) is 36.4 Å². The summed E-state index contributed by atoms with van der Waals surface area (Å²) in [5.74, 6) is 1.92. The van der Waals surface area contributed by atoms with E-state index in [4.69, 9.17) is 15.0 Å². The van der Waals surface area contributed by atoms with Gasteiger partial charge in [-0.05, 0) is 27.6 Å². The van der Waals surface area contributed by atoms with E-state index < -0.39 is 0 Å². The minimum atomic E-state index is -0.217. The van der Waals surface area contributed by atoms with Gasteiger partial charge in [0.15, 0.2) is 11.6 Å². The summed E-state index contributed by atoms with van der Waals surface area (Å²) in [6.07, 6.45) is 0. The Labute approximate surface area is 255 Å². The maximum absolute atomic E-state index is 5.24. The first-order valence-corrected chi connectivity index (χ1v) is 15.1. The van der Waals surface area contributed by atoms with Crippen LogP contribution in [0, 0.1) is 0 Å². The number of benzene rings is 6. The van der Waals surface area contributed by atoms with Crippen LogP contribution >= 0.6 is 0 Å². The summed E-state index contributed by atoms with van der Waals surface area (Å²) in [6, 6.07) is 46.9. The van der Waals surface area contributed by atoms with Crippen LogP contribution in [-0.2, 0) is 5.41 Å². The number of hydrogen-bond acceptors (Lipinski definition) is 3. The predicted octanol–water partition coefficient (Wildman–Crippen LogP) is 9.76. The number of fused-ring (bicyclic) bond motifs is 9. The molecule has 0 amide bonds. The first kappa shape index (κ1) is 24.9. The molecule has 9 rings (SSSR count). The van der Waals surface area contributed by atoms with Gasteiger partial charge in [-0.3, -0.25) is 4.57 Å². The van der Waals surface area contributed by atoms with Crippen molar-refractivity contribution in [3.8, 4) is 39.9 Å². The molecule has 0 spiro atoms. The summed E-state index contributed by atoms with van der Waals surface area (Å²) in [5.41, 5.74) is 9.17. The Bertz CT molecular complexity index is 2350. The smallest absolute Gasteiger partial charge is 0.238 e. The molecule has 0 bridgehead atoms. The van der Waals surface area contributed by atoms with Crippen LogP contribution in [0.4, 0.5) is 0 Å². The van der Waals surface area contributed by atoms with Gasteiger partial charge in [-0.25, -0.2) is 4.98 Å². The van der Waals surface area contributed by atoms with Crippen LogP contribution in [0.2, 0.25) is 0 Å². The molecule has 0 aliphatic heterocycles. The molecule has 44 heavy (non-hydrogen) atoms. The molecule has 4 nitrogen and oxygen atoms in total. The third-order valence-electron chi connectivity index (χ3n) is 9.22. The van der Waals surface area contributed by atoms with Gasteiger partial charge in [0.25, 0.3) is 0 Å². The summed E-state index contributed by atoms with van der Waals surface area (Å²) >= 11 is 0. The van der Waals surface area contributed by atoms with E-state index in [0.29, 0.717) is 17.6 Å². The van der Waals surface area contributed by atoms with Gasteiger partial charge in [-0.2, -0.15) is 9.97 Å². The average molecular weight is 565 g/mol. The van der Waals surface area contributed by atoms with E-state index in [0.717, 1.165) is 22.2 Å². The zero-order valence-corrected chi connectivity index (χ0v) is 24.5. The minimum absolute atomic E-state index is 0.217. The predicted molar refractivity (Wildman–Crippen MR) is 180 cm³/mol. The largest absolute Gasteiger partial charge is 0.277 e. The fraction of sp³-hybridized carbons (Fsp3) is 0.0750. The summed E-state index contributed by atoms with van der Waals surface area (Å²) in [4.78, 5) is 15.5. The lowest BCUT2D eigenvalue weighted by atomic mass is 9.81. The second kappa shape index (κ2) is 9.19. The van der Waals surface area contributed by atoms with Crippen LogP contribution in [-0.4, -0.2) is 19.5 Å². The van der Waals surface area contributed by atoms with Crippen molar-refractivity contribution in [2.45, 2.75) is 19.3 Å². The van der Waals surface area contributed by atoms with Crippen molar-refractivity contribution in [3.63, 3.8) is 0 Å². The molecule has 0 saturated carbocycles. The van der Waals surface area contributed by atoms with Gasteiger partial charge in [-0.1, -0.05) is 147 Å². The normalized spacial score (nSPS) is 13.4. The Kier molecular flexibility index (Phi) is 5.21. The van der Waals surface area contributed by atoms with Gasteiger partial charge in [0, 0.05) is 32.7 Å². The SMILES string of the molecule is CC1(C)c2ccccc2-c2ccc3c4ccc5ccccc5c4n(-c4nc(-c5ccccc5)nc(-c5ccccc5)n4)c3c21. The molecule has 0 fully saturated rings. The summed E-state index contributed by atoms with van der Waals surface area (Å²) in [7, 11) is 0. The zero-order chi connectivity index (χ0) is 29.4. The van der Waals surface area contributed by atoms with Crippen LogP contribution < -0.4 is 0 Å². The molecule has 2 aromatic heterocycles. The Morgan fingerprint density at radius 3 is 1.80 bits per heavy atom. The molecule has 0 N–H and O–H groups in total. The van der Waals surface area contributed by atoms with Gasteiger partial charge in [0.05, 0.1) is 11.0 Å². The van der Waals surface area contributed by atoms with Crippen LogP contribution in [0.25, 0.3) is 72.4 Å². The third kappa shape index (κ3) is 3.48. The maximum atomic E-state index is 5.24. The molecule has 2 heterocycles. The molecule has 4 heteroatoms. The van der Waals surface area contributed by atoms with Gasteiger partial charge in [0.2, 0.25) is 5.95 Å². The third-order valence-corrected chi connectivity index (χ3v) is 9.22. The van der Waals surface area contributed by atoms with Crippen molar-refractivity contribution < 1.29 is 0 Å². The molecular weight excluding hydrogens is 536 g/mol. The summed E-state index contributed by atoms with van der Waals surface area (Å²) in [5, 5.41) is 4.75. The Morgan fingerprint density at radius 1 is 0.477 bits per heavy atom. The summed E-state index contributed by atoms with van der Waals surface area (Å²) < 4.78 is 2.32. The summed E-state index contributed by atoms with van der Waals surface area (Å²) in [6.45, 7) is 4.69. The fourth-order valence-electron chi connectivity index (χ4n) is 7.22. The molecule has 6 aromatic carbocycles. The monoisotopic (exact) mass is 564 g/mol. The highest BCUT2D eigenvalue weighted by atomic mass is 15.2. The van der Waals surface area contributed by atoms with Crippen LogP contribution in [0.5, 0.6) is 0 Å². The minimum Gasteiger partial charge on any atom is -0.277 e. The molecule has 1 aliphatic rings. The lowest BCUT2D eigenvalue weighted by molar-refractivity contribution is 0.663. The van der Waals surface area contributed by atoms with Gasteiger partial charge in [-0.15, -0.1) is 0 Å². The van der Waals surface area contributed by atoms with Crippen LogP contribution in [0.3, 0.4) is 0 Å². The van der Waals surface area contributed by atoms with E-state index >= 15 is 0 Å². The molecule has 0 radical (unpaired) electrons. The second-order valence-corrected chi connectivity index (χ2v) is 12.1. The molecule has 8 aromatic rings. The van der Waals surface area contributed by atoms with Gasteiger partial charge in [0.1, 0.15) is 0 Å². The topological polar surface area (TPSA) is 43.6 Å². The average Bonchev–Trinajstić information content (AvgIpc) is 3.54. The highest BCUT2D eigenvalue weighted by Crippen LogP contribution is 2.53. The van der Waals surface area contributed by atoms with E-state index in [1.165, 1.54) is 43.8 Å². The lowest BCUT2D eigenvalue weighted by Gasteiger charge is -2.23. The molecule has 0 unspecified atom stereocenters. The standard InChI is InChI=1S/C40H28N4/c1-40(2)33-20-12-11-19-29(33)30-23-24-32-31-22-21-25-13-9-10-18-28(25)35(31)44(36(32)34(30)40)39-42-37(26-14-5-3-6-15-26)41-38(43-39)27-16-7-4-8-17-27/h3-24H,1-2H3. The van der Waals surface area contributed by atoms with Crippen LogP contribution in [0.15, 0.2) is 133 Å². The van der Waals surface area contributed by atoms with Gasteiger partial charge < -0.3 is 0 Å². The first-order chi connectivity index (χ1) is 21.6. The van der Waals surface area contributed by atoms with Crippen molar-refractivity contribution in [1.82, 2.24) is 19.5 Å². The Hall–Kier alpha value is -5.61. The zero-order valence-electron chi connectivity index (χ0n) is 24.5. The van der Waals surface area contributed by atoms with Crippen molar-refractivity contribution in [1.29, 1.82) is 0 Å². The van der Waals surface area contributed by atoms with Crippen molar-refractivity contribution in [2.24, 2.45) is 0 Å². The molecular formula is C40H28N4. The van der Waals surface area contributed by atoms with E-state index in [9.17, 15) is 0 Å². The highest BCUT2D eigenvalue weighted by molar-refractivity contribution is 6.20. The number of rotatable bonds is 3. The number of nitrogens with zero attached hydrogens (tertiary/aromatic N) is 4. The fourth-order valence-corrected chi connectivity index (χ4v) is 7.22. The first-order valence-electron chi connectivity index (χ1n) is 15.1. The maximum Gasteiger partial charge on any atom is 0.238 e. The molecule has 1 aliphatic carbocycles.